The van der Waals surface area contributed by atoms with Gasteiger partial charge in [-0.25, -0.2) is 4.68 Å². The van der Waals surface area contributed by atoms with Gasteiger partial charge in [0, 0.05) is 11.1 Å². The average molecular weight is 333 g/mol. The van der Waals surface area contributed by atoms with Gasteiger partial charge in [0.05, 0.1) is 6.04 Å². The molecule has 0 radical (unpaired) electrons. The molecule has 0 amide bonds. The van der Waals surface area contributed by atoms with Crippen LogP contribution in [-0.4, -0.2) is 31.3 Å². The van der Waals surface area contributed by atoms with Crippen LogP contribution in [0.25, 0.3) is 0 Å². The van der Waals surface area contributed by atoms with Crippen molar-refractivity contribution in [2.75, 3.05) is 11.1 Å². The van der Waals surface area contributed by atoms with Crippen molar-refractivity contribution in [3.8, 4) is 0 Å². The van der Waals surface area contributed by atoms with Crippen molar-refractivity contribution in [2.24, 2.45) is 5.92 Å². The number of tetrazole rings is 1. The Kier molecular flexibility index (Phi) is 5.95. The molecule has 0 N–H and O–H groups in total. The molecule has 1 aromatic heterocycles. The lowest BCUT2D eigenvalue weighted by Crippen LogP contribution is -2.08. The minimum atomic E-state index is 0.544. The quantitative estimate of drug-likeness (QED) is 0.564. The zero-order valence-corrected chi connectivity index (χ0v) is 13.3. The Morgan fingerprint density at radius 1 is 1.39 bits per heavy atom. The molecule has 1 unspecified atom stereocenters. The Labute approximate surface area is 121 Å². The van der Waals surface area contributed by atoms with E-state index in [-0.39, 0.29) is 0 Å². The third kappa shape index (κ3) is 3.95. The van der Waals surface area contributed by atoms with E-state index in [1.54, 1.807) is 11.8 Å². The molecule has 0 saturated heterocycles. The summed E-state index contributed by atoms with van der Waals surface area (Å²) in [4.78, 5) is 0. The third-order valence-electron chi connectivity index (χ3n) is 3.58. The van der Waals surface area contributed by atoms with E-state index in [1.807, 2.05) is 4.68 Å². The van der Waals surface area contributed by atoms with Gasteiger partial charge in [-0.2, -0.15) is 0 Å². The number of aromatic nitrogens is 4. The third-order valence-corrected chi connectivity index (χ3v) is 5.00. The lowest BCUT2D eigenvalue weighted by molar-refractivity contribution is 0.423. The zero-order chi connectivity index (χ0) is 12.8. The average Bonchev–Trinajstić information content (AvgIpc) is 2.98. The molecule has 1 fully saturated rings. The van der Waals surface area contributed by atoms with E-state index < -0.39 is 0 Å². The molecule has 6 heteroatoms. The molecule has 0 aromatic carbocycles. The van der Waals surface area contributed by atoms with Crippen LogP contribution in [0, 0.1) is 5.92 Å². The molecule has 1 heterocycles. The molecule has 1 saturated carbocycles. The van der Waals surface area contributed by atoms with Gasteiger partial charge in [-0.05, 0) is 42.0 Å². The maximum Gasteiger partial charge on any atom is 0.209 e. The van der Waals surface area contributed by atoms with Crippen molar-refractivity contribution in [3.05, 3.63) is 0 Å². The number of thioether (sulfide) groups is 1. The first kappa shape index (κ1) is 14.3. The largest absolute Gasteiger partial charge is 0.217 e. The second-order valence-corrected chi connectivity index (χ2v) is 6.92. The maximum atomic E-state index is 4.16. The van der Waals surface area contributed by atoms with Crippen LogP contribution >= 0.6 is 27.7 Å². The van der Waals surface area contributed by atoms with E-state index in [9.17, 15) is 0 Å². The SMILES string of the molecule is CC(CCBr)CCSc1nnnn1C1CCCC1. The van der Waals surface area contributed by atoms with E-state index in [1.165, 1.54) is 38.5 Å². The molecule has 102 valence electrons. The summed E-state index contributed by atoms with van der Waals surface area (Å²) < 4.78 is 2.05. The smallest absolute Gasteiger partial charge is 0.209 e. The molecule has 0 aliphatic heterocycles. The molecule has 1 aliphatic rings. The van der Waals surface area contributed by atoms with Crippen LogP contribution in [0.2, 0.25) is 0 Å². The van der Waals surface area contributed by atoms with Crippen molar-refractivity contribution in [1.82, 2.24) is 20.2 Å². The van der Waals surface area contributed by atoms with Crippen molar-refractivity contribution in [1.29, 1.82) is 0 Å². The van der Waals surface area contributed by atoms with Crippen LogP contribution in [0.3, 0.4) is 0 Å². The van der Waals surface area contributed by atoms with Gasteiger partial charge < -0.3 is 0 Å². The van der Waals surface area contributed by atoms with Crippen LogP contribution in [0.15, 0.2) is 5.16 Å². The fourth-order valence-electron chi connectivity index (χ4n) is 2.34. The molecule has 0 spiro atoms. The first-order valence-corrected chi connectivity index (χ1v) is 8.88. The summed E-state index contributed by atoms with van der Waals surface area (Å²) in [6.45, 7) is 2.31. The van der Waals surface area contributed by atoms with E-state index in [2.05, 4.69) is 38.4 Å². The van der Waals surface area contributed by atoms with Gasteiger partial charge in [0.15, 0.2) is 0 Å². The van der Waals surface area contributed by atoms with Crippen molar-refractivity contribution in [3.63, 3.8) is 0 Å². The van der Waals surface area contributed by atoms with Crippen molar-refractivity contribution in [2.45, 2.75) is 56.6 Å². The van der Waals surface area contributed by atoms with Crippen molar-refractivity contribution >= 4 is 27.7 Å². The summed E-state index contributed by atoms with van der Waals surface area (Å²) in [6.07, 6.45) is 7.58. The number of nitrogens with zero attached hydrogens (tertiary/aromatic N) is 4. The Morgan fingerprint density at radius 2 is 2.17 bits per heavy atom. The molecular formula is C12H21BrN4S. The molecular weight excluding hydrogens is 312 g/mol. The molecule has 4 nitrogen and oxygen atoms in total. The Balaban J connectivity index is 1.80. The second kappa shape index (κ2) is 7.48. The van der Waals surface area contributed by atoms with Gasteiger partial charge in [0.1, 0.15) is 0 Å². The van der Waals surface area contributed by atoms with Gasteiger partial charge in [-0.1, -0.05) is 47.5 Å². The number of halogens is 1. The maximum absolute atomic E-state index is 4.16. The summed E-state index contributed by atoms with van der Waals surface area (Å²) in [5, 5.41) is 14.3. The van der Waals surface area contributed by atoms with E-state index in [0.717, 1.165) is 22.2 Å². The summed E-state index contributed by atoms with van der Waals surface area (Å²) in [5.74, 6) is 1.88. The van der Waals surface area contributed by atoms with Crippen LogP contribution in [0.5, 0.6) is 0 Å². The minimum Gasteiger partial charge on any atom is -0.217 e. The standard InChI is InChI=1S/C12H21BrN4S/c1-10(6-8-13)7-9-18-12-14-15-16-17(12)11-4-2-3-5-11/h10-11H,2-9H2,1H3. The molecule has 2 rings (SSSR count). The molecule has 1 atom stereocenters. The van der Waals surface area contributed by atoms with Gasteiger partial charge >= 0.3 is 0 Å². The highest BCUT2D eigenvalue weighted by Crippen LogP contribution is 2.31. The monoisotopic (exact) mass is 332 g/mol. The highest BCUT2D eigenvalue weighted by atomic mass is 79.9. The topological polar surface area (TPSA) is 43.6 Å². The van der Waals surface area contributed by atoms with Gasteiger partial charge in [0.2, 0.25) is 5.16 Å². The van der Waals surface area contributed by atoms with E-state index >= 15 is 0 Å². The lowest BCUT2D eigenvalue weighted by atomic mass is 10.1. The first-order chi connectivity index (χ1) is 8.81. The Morgan fingerprint density at radius 3 is 2.89 bits per heavy atom. The first-order valence-electron chi connectivity index (χ1n) is 6.78. The Hall–Kier alpha value is -0.100. The fourth-order valence-corrected chi connectivity index (χ4v) is 4.24. The van der Waals surface area contributed by atoms with E-state index in [0.29, 0.717) is 6.04 Å². The van der Waals surface area contributed by atoms with Crippen LogP contribution in [0.4, 0.5) is 0 Å². The second-order valence-electron chi connectivity index (χ2n) is 5.06. The van der Waals surface area contributed by atoms with Gasteiger partial charge in [-0.15, -0.1) is 5.10 Å². The number of hydrogen-bond donors (Lipinski definition) is 0. The molecule has 1 aromatic rings. The van der Waals surface area contributed by atoms with Gasteiger partial charge in [-0.3, -0.25) is 0 Å². The minimum absolute atomic E-state index is 0.544. The number of alkyl halides is 1. The van der Waals surface area contributed by atoms with Crippen LogP contribution in [-0.2, 0) is 0 Å². The van der Waals surface area contributed by atoms with E-state index in [4.69, 9.17) is 0 Å². The van der Waals surface area contributed by atoms with Crippen LogP contribution < -0.4 is 0 Å². The summed E-state index contributed by atoms with van der Waals surface area (Å²) in [5.41, 5.74) is 0. The number of rotatable bonds is 7. The van der Waals surface area contributed by atoms with Crippen LogP contribution in [0.1, 0.15) is 51.5 Å². The summed E-state index contributed by atoms with van der Waals surface area (Å²) in [6, 6.07) is 0.544. The molecule has 18 heavy (non-hydrogen) atoms. The molecule has 0 bridgehead atoms. The summed E-state index contributed by atoms with van der Waals surface area (Å²) in [7, 11) is 0. The normalized spacial score (nSPS) is 18.3. The molecule has 1 aliphatic carbocycles. The zero-order valence-electron chi connectivity index (χ0n) is 10.9. The van der Waals surface area contributed by atoms with Gasteiger partial charge in [0.25, 0.3) is 0 Å². The summed E-state index contributed by atoms with van der Waals surface area (Å²) >= 11 is 5.30. The van der Waals surface area contributed by atoms with Crippen molar-refractivity contribution < 1.29 is 0 Å². The highest BCUT2D eigenvalue weighted by molar-refractivity contribution is 9.09. The fraction of sp³-hybridized carbons (Fsp3) is 0.917. The number of hydrogen-bond acceptors (Lipinski definition) is 4. The predicted molar refractivity (Wildman–Crippen MR) is 78.2 cm³/mol. The lowest BCUT2D eigenvalue weighted by Gasteiger charge is -2.12. The highest BCUT2D eigenvalue weighted by Gasteiger charge is 2.21. The Bertz CT molecular complexity index is 352. The predicted octanol–water partition coefficient (Wildman–Crippen LogP) is 3.69.